The highest BCUT2D eigenvalue weighted by Gasteiger charge is 2.03. The fraction of sp³-hybridized carbons (Fsp3) is 0.600. The van der Waals surface area contributed by atoms with Gasteiger partial charge in [0.15, 0.2) is 0 Å². The summed E-state index contributed by atoms with van der Waals surface area (Å²) in [5, 5.41) is 3.18. The van der Waals surface area contributed by atoms with E-state index in [2.05, 4.69) is 28.3 Å². The lowest BCUT2D eigenvalue weighted by molar-refractivity contribution is 0.299. The van der Waals surface area contributed by atoms with E-state index in [0.29, 0.717) is 6.54 Å². The van der Waals surface area contributed by atoms with Gasteiger partial charge in [0, 0.05) is 26.2 Å². The molecule has 66 valence electrons. The van der Waals surface area contributed by atoms with E-state index in [1.165, 1.54) is 13.0 Å². The van der Waals surface area contributed by atoms with Gasteiger partial charge >= 0.3 is 0 Å². The fourth-order valence-corrected chi connectivity index (χ4v) is 1.29. The molecule has 1 aliphatic rings. The number of hydrogen-bond donors (Lipinski definition) is 1. The van der Waals surface area contributed by atoms with Gasteiger partial charge in [-0.1, -0.05) is 18.1 Å². The highest BCUT2D eigenvalue weighted by Crippen LogP contribution is 1.98. The predicted molar refractivity (Wildman–Crippen MR) is 51.9 cm³/mol. The van der Waals surface area contributed by atoms with Crippen molar-refractivity contribution in [2.75, 3.05) is 32.7 Å². The Bertz CT molecular complexity index is 179. The van der Waals surface area contributed by atoms with Crippen molar-refractivity contribution in [1.29, 1.82) is 0 Å². The molecule has 1 heterocycles. The third-order valence-corrected chi connectivity index (χ3v) is 1.97. The van der Waals surface area contributed by atoms with E-state index in [9.17, 15) is 0 Å². The van der Waals surface area contributed by atoms with Crippen LogP contribution >= 0.6 is 0 Å². The van der Waals surface area contributed by atoms with Gasteiger partial charge < -0.3 is 5.32 Å². The first-order valence-corrected chi connectivity index (χ1v) is 4.45. The smallest absolute Gasteiger partial charge is 0.0574 e. The third kappa shape index (κ3) is 3.56. The highest BCUT2D eigenvalue weighted by atomic mass is 15.1. The van der Waals surface area contributed by atoms with Gasteiger partial charge in [0.05, 0.1) is 6.54 Å². The van der Waals surface area contributed by atoms with Crippen molar-refractivity contribution in [1.82, 2.24) is 10.2 Å². The van der Waals surface area contributed by atoms with Gasteiger partial charge in [0.25, 0.3) is 0 Å². The first-order chi connectivity index (χ1) is 5.93. The maximum atomic E-state index is 5.11. The second-order valence-electron chi connectivity index (χ2n) is 2.94. The molecule has 1 aliphatic heterocycles. The molecule has 0 saturated carbocycles. The van der Waals surface area contributed by atoms with E-state index in [1.54, 1.807) is 0 Å². The lowest BCUT2D eigenvalue weighted by atomic mass is 10.2. The molecule has 0 unspecified atom stereocenters. The van der Waals surface area contributed by atoms with E-state index < -0.39 is 0 Å². The molecule has 0 atom stereocenters. The molecule has 0 aromatic heterocycles. The molecule has 2 nitrogen and oxygen atoms in total. The molecule has 0 aliphatic carbocycles. The Balaban J connectivity index is 2.00. The summed E-state index contributed by atoms with van der Waals surface area (Å²) < 4.78 is 0. The SMILES string of the molecule is C#CCNCCN1CC=CCC1. The van der Waals surface area contributed by atoms with Crippen LogP contribution in [-0.4, -0.2) is 37.6 Å². The average molecular weight is 164 g/mol. The summed E-state index contributed by atoms with van der Waals surface area (Å²) in [6.07, 6.45) is 10.8. The molecule has 2 heteroatoms. The van der Waals surface area contributed by atoms with Gasteiger partial charge in [-0.05, 0) is 6.42 Å². The summed E-state index contributed by atoms with van der Waals surface area (Å²) in [5.74, 6) is 2.56. The molecule has 0 fully saturated rings. The minimum atomic E-state index is 0.684. The van der Waals surface area contributed by atoms with Crippen molar-refractivity contribution in [2.24, 2.45) is 0 Å². The van der Waals surface area contributed by atoms with Crippen molar-refractivity contribution in [3.05, 3.63) is 12.2 Å². The van der Waals surface area contributed by atoms with E-state index in [4.69, 9.17) is 6.42 Å². The maximum absolute atomic E-state index is 5.11. The van der Waals surface area contributed by atoms with Crippen molar-refractivity contribution in [3.8, 4) is 12.3 Å². The molecule has 1 N–H and O–H groups in total. The number of terminal acetylenes is 1. The molecule has 0 bridgehead atoms. The van der Waals surface area contributed by atoms with Crippen LogP contribution in [0.2, 0.25) is 0 Å². The van der Waals surface area contributed by atoms with Crippen molar-refractivity contribution >= 4 is 0 Å². The average Bonchev–Trinajstić information content (AvgIpc) is 2.14. The standard InChI is InChI=1S/C10H16N2/c1-2-6-11-7-10-12-8-4-3-5-9-12/h1,3-4,11H,5-10H2. The van der Waals surface area contributed by atoms with Crippen LogP contribution in [0.5, 0.6) is 0 Å². The van der Waals surface area contributed by atoms with E-state index >= 15 is 0 Å². The summed E-state index contributed by atoms with van der Waals surface area (Å²) in [6.45, 7) is 5.07. The number of nitrogens with zero attached hydrogens (tertiary/aromatic N) is 1. The Morgan fingerprint density at radius 3 is 3.08 bits per heavy atom. The second kappa shape index (κ2) is 5.82. The zero-order chi connectivity index (χ0) is 8.65. The Labute approximate surface area is 74.6 Å². The summed E-state index contributed by atoms with van der Waals surface area (Å²) in [5.41, 5.74) is 0. The minimum Gasteiger partial charge on any atom is -0.305 e. The number of rotatable bonds is 4. The Kier molecular flexibility index (Phi) is 4.51. The van der Waals surface area contributed by atoms with Gasteiger partial charge in [-0.2, -0.15) is 0 Å². The van der Waals surface area contributed by atoms with Crippen molar-refractivity contribution < 1.29 is 0 Å². The van der Waals surface area contributed by atoms with Gasteiger partial charge in [0.2, 0.25) is 0 Å². The lowest BCUT2D eigenvalue weighted by Crippen LogP contribution is -2.34. The van der Waals surface area contributed by atoms with Crippen LogP contribution in [0.3, 0.4) is 0 Å². The molecule has 1 rings (SSSR count). The Hall–Kier alpha value is -0.780. The number of nitrogens with one attached hydrogen (secondary N) is 1. The van der Waals surface area contributed by atoms with Crippen molar-refractivity contribution in [3.63, 3.8) is 0 Å². The first-order valence-electron chi connectivity index (χ1n) is 4.45. The fourth-order valence-electron chi connectivity index (χ4n) is 1.29. The summed E-state index contributed by atoms with van der Waals surface area (Å²) in [4.78, 5) is 2.42. The molecule has 0 aromatic carbocycles. The zero-order valence-corrected chi connectivity index (χ0v) is 7.42. The van der Waals surface area contributed by atoms with Crippen LogP contribution in [-0.2, 0) is 0 Å². The van der Waals surface area contributed by atoms with Crippen LogP contribution in [0.4, 0.5) is 0 Å². The minimum absolute atomic E-state index is 0.684. The van der Waals surface area contributed by atoms with Crippen molar-refractivity contribution in [2.45, 2.75) is 6.42 Å². The van der Waals surface area contributed by atoms with Crippen LogP contribution in [0, 0.1) is 12.3 Å². The monoisotopic (exact) mass is 164 g/mol. The van der Waals surface area contributed by atoms with E-state index in [-0.39, 0.29) is 0 Å². The van der Waals surface area contributed by atoms with E-state index in [1.807, 2.05) is 0 Å². The second-order valence-corrected chi connectivity index (χ2v) is 2.94. The van der Waals surface area contributed by atoms with Crippen LogP contribution < -0.4 is 5.32 Å². The Morgan fingerprint density at radius 1 is 1.50 bits per heavy atom. The van der Waals surface area contributed by atoms with Crippen LogP contribution in [0.25, 0.3) is 0 Å². The molecule has 0 spiro atoms. The lowest BCUT2D eigenvalue weighted by Gasteiger charge is -2.22. The topological polar surface area (TPSA) is 15.3 Å². The molecule has 0 saturated heterocycles. The molecule has 0 amide bonds. The van der Waals surface area contributed by atoms with Crippen LogP contribution in [0.1, 0.15) is 6.42 Å². The third-order valence-electron chi connectivity index (χ3n) is 1.97. The summed E-state index contributed by atoms with van der Waals surface area (Å²) >= 11 is 0. The highest BCUT2D eigenvalue weighted by molar-refractivity contribution is 4.91. The quantitative estimate of drug-likeness (QED) is 0.369. The van der Waals surface area contributed by atoms with Gasteiger partial charge in [-0.25, -0.2) is 0 Å². The zero-order valence-electron chi connectivity index (χ0n) is 7.42. The first kappa shape index (κ1) is 9.31. The van der Waals surface area contributed by atoms with Gasteiger partial charge in [-0.3, -0.25) is 4.90 Å². The van der Waals surface area contributed by atoms with Crippen LogP contribution in [0.15, 0.2) is 12.2 Å². The molecule has 0 radical (unpaired) electrons. The largest absolute Gasteiger partial charge is 0.305 e. The normalized spacial score (nSPS) is 17.6. The Morgan fingerprint density at radius 2 is 2.42 bits per heavy atom. The maximum Gasteiger partial charge on any atom is 0.0574 e. The predicted octanol–water partition coefficient (Wildman–Crippen LogP) is 0.471. The molecular formula is C10H16N2. The summed E-state index contributed by atoms with van der Waals surface area (Å²) in [7, 11) is 0. The van der Waals surface area contributed by atoms with Gasteiger partial charge in [0.1, 0.15) is 0 Å². The molecule has 12 heavy (non-hydrogen) atoms. The van der Waals surface area contributed by atoms with Gasteiger partial charge in [-0.15, -0.1) is 6.42 Å². The molecule has 0 aromatic rings. The number of hydrogen-bond acceptors (Lipinski definition) is 2. The molecular weight excluding hydrogens is 148 g/mol. The summed E-state index contributed by atoms with van der Waals surface area (Å²) in [6, 6.07) is 0. The van der Waals surface area contributed by atoms with E-state index in [0.717, 1.165) is 19.6 Å².